The van der Waals surface area contributed by atoms with E-state index in [0.29, 0.717) is 37.3 Å². The number of hydrogen-bond acceptors (Lipinski definition) is 5. The first-order valence-corrected chi connectivity index (χ1v) is 10.5. The topological polar surface area (TPSA) is 80.5 Å². The van der Waals surface area contributed by atoms with Crippen molar-refractivity contribution in [3.63, 3.8) is 0 Å². The SMILES string of the molecule is C=N/C(=C(\N=C(/C)CCOCC)c1ccc(CCC(=O)O)cc1)c1cc(F)c(OC)c(F)c1. The number of methoxy groups -OCH3 is 1. The summed E-state index contributed by atoms with van der Waals surface area (Å²) >= 11 is 0. The zero-order valence-corrected chi connectivity index (χ0v) is 19.0. The second kappa shape index (κ2) is 12.6. The number of hydrogen-bond donors (Lipinski definition) is 1. The molecule has 8 heteroatoms. The van der Waals surface area contributed by atoms with Crippen molar-refractivity contribution in [2.45, 2.75) is 33.1 Å². The zero-order chi connectivity index (χ0) is 24.4. The van der Waals surface area contributed by atoms with Crippen molar-refractivity contribution in [3.8, 4) is 5.75 Å². The highest BCUT2D eigenvalue weighted by molar-refractivity contribution is 5.97. The molecule has 0 aliphatic heterocycles. The molecule has 0 fully saturated rings. The molecule has 0 saturated heterocycles. The average molecular weight is 459 g/mol. The van der Waals surface area contributed by atoms with Crippen LogP contribution in [0.1, 0.15) is 43.4 Å². The van der Waals surface area contributed by atoms with Gasteiger partial charge < -0.3 is 14.6 Å². The molecule has 2 aromatic carbocycles. The van der Waals surface area contributed by atoms with E-state index in [1.54, 1.807) is 24.3 Å². The van der Waals surface area contributed by atoms with Crippen LogP contribution >= 0.6 is 0 Å². The van der Waals surface area contributed by atoms with E-state index < -0.39 is 23.4 Å². The number of rotatable bonds is 12. The Labute approximate surface area is 192 Å². The first-order chi connectivity index (χ1) is 15.8. The number of carboxylic acid groups (broad SMARTS) is 1. The maximum absolute atomic E-state index is 14.4. The molecular formula is C25H28F2N2O4. The minimum atomic E-state index is -0.879. The largest absolute Gasteiger partial charge is 0.491 e. The van der Waals surface area contributed by atoms with Crippen molar-refractivity contribution in [2.24, 2.45) is 9.98 Å². The summed E-state index contributed by atoms with van der Waals surface area (Å²) in [7, 11) is 1.19. The first kappa shape index (κ1) is 25.9. The summed E-state index contributed by atoms with van der Waals surface area (Å²) in [6.07, 6.45) is 0.956. The molecule has 33 heavy (non-hydrogen) atoms. The lowest BCUT2D eigenvalue weighted by Gasteiger charge is -2.13. The van der Waals surface area contributed by atoms with Crippen molar-refractivity contribution in [2.75, 3.05) is 20.3 Å². The third-order valence-electron chi connectivity index (χ3n) is 4.83. The summed E-state index contributed by atoms with van der Waals surface area (Å²) in [6.45, 7) is 8.38. The lowest BCUT2D eigenvalue weighted by molar-refractivity contribution is -0.136. The lowest BCUT2D eigenvalue weighted by atomic mass is 10.0. The maximum atomic E-state index is 14.4. The Morgan fingerprint density at radius 2 is 1.70 bits per heavy atom. The summed E-state index contributed by atoms with van der Waals surface area (Å²) in [6, 6.07) is 9.37. The van der Waals surface area contributed by atoms with Gasteiger partial charge >= 0.3 is 5.97 Å². The molecular weight excluding hydrogens is 430 g/mol. The average Bonchev–Trinajstić information content (AvgIpc) is 2.78. The molecule has 0 radical (unpaired) electrons. The van der Waals surface area contributed by atoms with Crippen LogP contribution in [0.25, 0.3) is 11.4 Å². The highest BCUT2D eigenvalue weighted by Crippen LogP contribution is 2.33. The van der Waals surface area contributed by atoms with Gasteiger partial charge in [0, 0.05) is 36.3 Å². The van der Waals surface area contributed by atoms with Crippen LogP contribution in [-0.4, -0.2) is 43.8 Å². The van der Waals surface area contributed by atoms with E-state index in [4.69, 9.17) is 14.6 Å². The number of halogens is 2. The van der Waals surface area contributed by atoms with Crippen LogP contribution in [-0.2, 0) is 16.0 Å². The van der Waals surface area contributed by atoms with Crippen molar-refractivity contribution in [1.29, 1.82) is 0 Å². The molecule has 0 aliphatic rings. The minimum Gasteiger partial charge on any atom is -0.491 e. The van der Waals surface area contributed by atoms with E-state index in [1.165, 1.54) is 7.11 Å². The van der Waals surface area contributed by atoms with Crippen molar-refractivity contribution < 1.29 is 28.2 Å². The molecule has 0 spiro atoms. The summed E-state index contributed by atoms with van der Waals surface area (Å²) in [5, 5.41) is 8.89. The molecule has 0 saturated carbocycles. The monoisotopic (exact) mass is 458 g/mol. The van der Waals surface area contributed by atoms with Gasteiger partial charge in [-0.2, -0.15) is 0 Å². The van der Waals surface area contributed by atoms with Gasteiger partial charge in [-0.3, -0.25) is 14.8 Å². The van der Waals surface area contributed by atoms with Crippen molar-refractivity contribution in [1.82, 2.24) is 0 Å². The molecule has 176 valence electrons. The molecule has 6 nitrogen and oxygen atoms in total. The van der Waals surface area contributed by atoms with Crippen LogP contribution in [0.15, 0.2) is 46.4 Å². The molecule has 1 N–H and O–H groups in total. The molecule has 0 amide bonds. The number of carbonyl (C=O) groups is 1. The predicted molar refractivity (Wildman–Crippen MR) is 126 cm³/mol. The van der Waals surface area contributed by atoms with Gasteiger partial charge in [0.05, 0.1) is 25.1 Å². The Morgan fingerprint density at radius 1 is 1.06 bits per heavy atom. The molecule has 0 bridgehead atoms. The lowest BCUT2D eigenvalue weighted by Crippen LogP contribution is -2.02. The molecule has 0 unspecified atom stereocenters. The highest BCUT2D eigenvalue weighted by Gasteiger charge is 2.17. The fourth-order valence-corrected chi connectivity index (χ4v) is 3.14. The molecule has 0 aromatic heterocycles. The van der Waals surface area contributed by atoms with Gasteiger partial charge in [-0.1, -0.05) is 24.3 Å². The van der Waals surface area contributed by atoms with Gasteiger partial charge in [0.25, 0.3) is 0 Å². The molecule has 0 heterocycles. The number of aryl methyl sites for hydroxylation is 1. The third kappa shape index (κ3) is 7.32. The van der Waals surface area contributed by atoms with Crippen LogP contribution in [0.4, 0.5) is 8.78 Å². The molecule has 0 aliphatic carbocycles. The zero-order valence-electron chi connectivity index (χ0n) is 19.0. The highest BCUT2D eigenvalue weighted by atomic mass is 19.1. The van der Waals surface area contributed by atoms with Gasteiger partial charge in [0.1, 0.15) is 0 Å². The third-order valence-corrected chi connectivity index (χ3v) is 4.83. The summed E-state index contributed by atoms with van der Waals surface area (Å²) in [4.78, 5) is 19.6. The second-order valence-corrected chi connectivity index (χ2v) is 7.21. The van der Waals surface area contributed by atoms with E-state index in [0.717, 1.165) is 23.4 Å². The number of aliphatic carboxylic acids is 1. The normalized spacial score (nSPS) is 12.3. The van der Waals surface area contributed by atoms with Crippen LogP contribution in [0.3, 0.4) is 0 Å². The fourth-order valence-electron chi connectivity index (χ4n) is 3.14. The van der Waals surface area contributed by atoms with Crippen LogP contribution in [0, 0.1) is 11.6 Å². The number of benzene rings is 2. The standard InChI is InChI=1S/C25H28F2N2O4/c1-5-33-13-12-16(2)29-24(18-9-6-17(7-10-18)8-11-22(30)31)23(28-3)19-14-20(26)25(32-4)21(27)15-19/h6-7,9-10,14-15H,3,5,8,11-13H2,1-2,4H3,(H,30,31)/b24-23-,29-16+. The minimum absolute atomic E-state index is 0.0145. The van der Waals surface area contributed by atoms with Gasteiger partial charge in [-0.05, 0) is 44.7 Å². The Kier molecular flexibility index (Phi) is 9.87. The Balaban J connectivity index is 2.59. The van der Waals surface area contributed by atoms with E-state index in [2.05, 4.69) is 16.7 Å². The quantitative estimate of drug-likeness (QED) is 0.262. The van der Waals surface area contributed by atoms with Gasteiger partial charge in [0.2, 0.25) is 0 Å². The smallest absolute Gasteiger partial charge is 0.303 e. The Morgan fingerprint density at radius 3 is 2.21 bits per heavy atom. The van der Waals surface area contributed by atoms with Crippen LogP contribution in [0.2, 0.25) is 0 Å². The number of aliphatic imine (C=N–C) groups is 2. The van der Waals surface area contributed by atoms with Crippen LogP contribution < -0.4 is 4.74 Å². The maximum Gasteiger partial charge on any atom is 0.303 e. The summed E-state index contributed by atoms with van der Waals surface area (Å²) in [5.74, 6) is -3.10. The molecule has 2 rings (SSSR count). The van der Waals surface area contributed by atoms with Crippen LogP contribution in [0.5, 0.6) is 5.75 Å². The number of ether oxygens (including phenoxy) is 2. The van der Waals surface area contributed by atoms with Crippen molar-refractivity contribution in [3.05, 3.63) is 64.7 Å². The fraction of sp³-hybridized carbons (Fsp3) is 0.320. The van der Waals surface area contributed by atoms with E-state index in [1.807, 2.05) is 13.8 Å². The van der Waals surface area contributed by atoms with Gasteiger partial charge in [-0.25, -0.2) is 8.78 Å². The molecule has 0 atom stereocenters. The van der Waals surface area contributed by atoms with Gasteiger partial charge in [0.15, 0.2) is 17.4 Å². The molecule has 2 aromatic rings. The summed E-state index contributed by atoms with van der Waals surface area (Å²) in [5.41, 5.74) is 2.96. The number of nitrogens with zero attached hydrogens (tertiary/aromatic N) is 2. The van der Waals surface area contributed by atoms with Gasteiger partial charge in [-0.15, -0.1) is 0 Å². The van der Waals surface area contributed by atoms with E-state index in [-0.39, 0.29) is 17.7 Å². The Bertz CT molecular complexity index is 1020. The van der Waals surface area contributed by atoms with Crippen molar-refractivity contribution >= 4 is 29.8 Å². The second-order valence-electron chi connectivity index (χ2n) is 7.21. The summed E-state index contributed by atoms with van der Waals surface area (Å²) < 4.78 is 38.9. The van der Waals surface area contributed by atoms with E-state index in [9.17, 15) is 13.6 Å². The van der Waals surface area contributed by atoms with E-state index >= 15 is 0 Å². The number of carboxylic acids is 1. The first-order valence-electron chi connectivity index (χ1n) is 10.5. The predicted octanol–water partition coefficient (Wildman–Crippen LogP) is 5.40. The Hall–Kier alpha value is -3.39.